The molecule has 13 nitrogen and oxygen atoms in total. The number of rotatable bonds is 31. The fourth-order valence-electron chi connectivity index (χ4n) is 3.08. The van der Waals surface area contributed by atoms with Crippen molar-refractivity contribution in [3.8, 4) is 0 Å². The highest BCUT2D eigenvalue weighted by Gasteiger charge is 2.22. The summed E-state index contributed by atoms with van der Waals surface area (Å²) in [4.78, 5) is 0.0676. The molecule has 0 aliphatic heterocycles. The van der Waals surface area contributed by atoms with Crippen molar-refractivity contribution in [3.63, 3.8) is 0 Å². The predicted octanol–water partition coefficient (Wildman–Crippen LogP) is 1.49. The summed E-state index contributed by atoms with van der Waals surface area (Å²) in [7, 11) is -0.759. The van der Waals surface area contributed by atoms with Crippen molar-refractivity contribution in [2.75, 3.05) is 133 Å². The summed E-state index contributed by atoms with van der Waals surface area (Å²) < 4.78 is 84.4. The van der Waals surface area contributed by atoms with E-state index in [9.17, 15) is 8.42 Å². The molecule has 1 aromatic rings. The summed E-state index contributed by atoms with van der Waals surface area (Å²) in [5, 5.41) is 0. The second kappa shape index (κ2) is 27.3. The van der Waals surface area contributed by atoms with E-state index >= 15 is 0 Å². The van der Waals surface area contributed by atoms with Crippen LogP contribution in [0.2, 0.25) is 0 Å². The molecular weight excluding hydrogens is 576 g/mol. The summed E-state index contributed by atoms with van der Waals surface area (Å²) in [6.45, 7) is 8.81. The van der Waals surface area contributed by atoms with Gasteiger partial charge < -0.3 is 47.4 Å². The third-order valence-corrected chi connectivity index (χ3v) is 6.65. The van der Waals surface area contributed by atoms with Crippen molar-refractivity contribution < 1.29 is 60.0 Å². The number of aryl methyl sites for hydroxylation is 1. The Bertz CT molecular complexity index is 794. The van der Waals surface area contributed by atoms with Crippen LogP contribution in [0.3, 0.4) is 0 Å². The maximum Gasteiger partial charge on any atom is 0.297 e. The van der Waals surface area contributed by atoms with Crippen LogP contribution in [-0.2, 0) is 61.7 Å². The summed E-state index contributed by atoms with van der Waals surface area (Å²) in [6, 6.07) is 6.44. The molecule has 0 saturated carbocycles. The Morgan fingerprint density at radius 1 is 0.500 bits per heavy atom. The van der Waals surface area contributed by atoms with Gasteiger partial charge in [0.1, 0.15) is 6.10 Å². The molecule has 0 fully saturated rings. The summed E-state index contributed by atoms with van der Waals surface area (Å²) in [6.07, 6.45) is -0.848. The molecule has 0 saturated heterocycles. The van der Waals surface area contributed by atoms with E-state index in [1.165, 1.54) is 12.1 Å². The van der Waals surface area contributed by atoms with E-state index < -0.39 is 16.2 Å². The minimum Gasteiger partial charge on any atom is -0.382 e. The highest BCUT2D eigenvalue weighted by atomic mass is 32.2. The molecule has 14 heteroatoms. The Morgan fingerprint density at radius 3 is 1.14 bits per heavy atom. The quantitative estimate of drug-likeness (QED) is 0.0871. The van der Waals surface area contributed by atoms with E-state index in [1.807, 2.05) is 6.92 Å². The molecule has 1 rings (SSSR count). The maximum absolute atomic E-state index is 12.8. The van der Waals surface area contributed by atoms with E-state index in [2.05, 4.69) is 0 Å². The van der Waals surface area contributed by atoms with Crippen molar-refractivity contribution in [1.29, 1.82) is 0 Å². The largest absolute Gasteiger partial charge is 0.382 e. The monoisotopic (exact) mass is 626 g/mol. The molecule has 0 bridgehead atoms. The predicted molar refractivity (Wildman–Crippen MR) is 154 cm³/mol. The van der Waals surface area contributed by atoms with Crippen LogP contribution in [0.1, 0.15) is 5.56 Å². The highest BCUT2D eigenvalue weighted by molar-refractivity contribution is 7.86. The van der Waals surface area contributed by atoms with Crippen LogP contribution in [0.5, 0.6) is 0 Å². The molecule has 0 atom stereocenters. The van der Waals surface area contributed by atoms with Gasteiger partial charge in [0, 0.05) is 14.2 Å². The molecule has 0 amide bonds. The molecule has 1 aromatic carbocycles. The van der Waals surface area contributed by atoms with Gasteiger partial charge in [-0.2, -0.15) is 8.42 Å². The van der Waals surface area contributed by atoms with E-state index in [1.54, 1.807) is 26.4 Å². The number of methoxy groups -OCH3 is 2. The molecule has 0 radical (unpaired) electrons. The number of benzene rings is 1. The van der Waals surface area contributed by atoms with Gasteiger partial charge in [0.15, 0.2) is 0 Å². The van der Waals surface area contributed by atoms with Crippen LogP contribution in [-0.4, -0.2) is 148 Å². The van der Waals surface area contributed by atoms with Crippen LogP contribution in [0.25, 0.3) is 0 Å². The molecule has 0 aliphatic carbocycles. The zero-order valence-corrected chi connectivity index (χ0v) is 26.1. The van der Waals surface area contributed by atoms with Gasteiger partial charge >= 0.3 is 0 Å². The molecule has 246 valence electrons. The SMILES string of the molecule is COCCOCCOCCOCCOCC(COCCOCCOCCOCCOC)OS(=O)(=O)c1ccc(C)cc1. The van der Waals surface area contributed by atoms with Gasteiger partial charge in [0.2, 0.25) is 0 Å². The van der Waals surface area contributed by atoms with Gasteiger partial charge in [-0.05, 0) is 19.1 Å². The Kier molecular flexibility index (Phi) is 25.2. The lowest BCUT2D eigenvalue weighted by Gasteiger charge is -2.18. The Balaban J connectivity index is 2.26. The first-order valence-corrected chi connectivity index (χ1v) is 15.5. The Labute approximate surface area is 251 Å². The first-order valence-electron chi connectivity index (χ1n) is 14.1. The molecule has 0 aromatic heterocycles. The minimum atomic E-state index is -4.00. The van der Waals surface area contributed by atoms with Crippen molar-refractivity contribution in [2.45, 2.75) is 17.9 Å². The summed E-state index contributed by atoms with van der Waals surface area (Å²) in [5.74, 6) is 0. The molecule has 42 heavy (non-hydrogen) atoms. The van der Waals surface area contributed by atoms with Crippen molar-refractivity contribution in [3.05, 3.63) is 29.8 Å². The fraction of sp³-hybridized carbons (Fsp3) is 0.786. The maximum atomic E-state index is 12.8. The van der Waals surface area contributed by atoms with Gasteiger partial charge in [-0.1, -0.05) is 17.7 Å². The van der Waals surface area contributed by atoms with Crippen LogP contribution in [0.15, 0.2) is 29.2 Å². The minimum absolute atomic E-state index is 0.00487. The first-order chi connectivity index (χ1) is 20.5. The zero-order chi connectivity index (χ0) is 30.6. The third kappa shape index (κ3) is 22.3. The highest BCUT2D eigenvalue weighted by Crippen LogP contribution is 2.15. The molecule has 0 N–H and O–H groups in total. The van der Waals surface area contributed by atoms with Gasteiger partial charge in [-0.15, -0.1) is 0 Å². The van der Waals surface area contributed by atoms with E-state index in [0.717, 1.165) is 5.56 Å². The van der Waals surface area contributed by atoms with E-state index in [-0.39, 0.29) is 31.3 Å². The molecule has 0 aliphatic rings. The van der Waals surface area contributed by atoms with E-state index in [0.29, 0.717) is 92.5 Å². The second-order valence-electron chi connectivity index (χ2n) is 8.80. The van der Waals surface area contributed by atoms with Crippen LogP contribution in [0.4, 0.5) is 0 Å². The third-order valence-electron chi connectivity index (χ3n) is 5.28. The summed E-state index contributed by atoms with van der Waals surface area (Å²) in [5.41, 5.74) is 0.943. The average Bonchev–Trinajstić information content (AvgIpc) is 2.97. The van der Waals surface area contributed by atoms with Crippen LogP contribution in [0, 0.1) is 6.92 Å². The van der Waals surface area contributed by atoms with Gasteiger partial charge in [-0.3, -0.25) is 4.18 Å². The second-order valence-corrected chi connectivity index (χ2v) is 10.4. The summed E-state index contributed by atoms with van der Waals surface area (Å²) >= 11 is 0. The lowest BCUT2D eigenvalue weighted by Crippen LogP contribution is -2.30. The van der Waals surface area contributed by atoms with Gasteiger partial charge in [0.25, 0.3) is 10.1 Å². The number of hydrogen-bond donors (Lipinski definition) is 0. The smallest absolute Gasteiger partial charge is 0.297 e. The number of ether oxygens (including phenoxy) is 10. The fourth-order valence-corrected chi connectivity index (χ4v) is 4.13. The lowest BCUT2D eigenvalue weighted by atomic mass is 10.2. The lowest BCUT2D eigenvalue weighted by molar-refractivity contribution is -0.0408. The molecule has 0 unspecified atom stereocenters. The molecular formula is C28H50O13S. The standard InChI is InChI=1S/C28H50O13S/c1-26-4-6-28(7-5-26)42(29,30)41-27(24-39-22-20-37-18-16-35-14-12-33-10-8-31-2)25-40-23-21-38-19-17-36-15-13-34-11-9-32-3/h4-7,27H,8-25H2,1-3H3. The molecule has 0 heterocycles. The first kappa shape index (κ1) is 38.8. The van der Waals surface area contributed by atoms with Crippen LogP contribution < -0.4 is 0 Å². The Hall–Kier alpha value is -1.27. The van der Waals surface area contributed by atoms with Crippen LogP contribution >= 0.6 is 0 Å². The van der Waals surface area contributed by atoms with E-state index in [4.69, 9.17) is 51.6 Å². The zero-order valence-electron chi connectivity index (χ0n) is 25.3. The number of hydrogen-bond acceptors (Lipinski definition) is 13. The van der Waals surface area contributed by atoms with Crippen molar-refractivity contribution >= 4 is 10.1 Å². The van der Waals surface area contributed by atoms with Crippen molar-refractivity contribution in [1.82, 2.24) is 0 Å². The topological polar surface area (TPSA) is 136 Å². The van der Waals surface area contributed by atoms with Gasteiger partial charge in [0.05, 0.1) is 124 Å². The van der Waals surface area contributed by atoms with Crippen molar-refractivity contribution in [2.24, 2.45) is 0 Å². The molecule has 0 spiro atoms. The average molecular weight is 627 g/mol. The van der Waals surface area contributed by atoms with Gasteiger partial charge in [-0.25, -0.2) is 0 Å². The Morgan fingerprint density at radius 2 is 0.810 bits per heavy atom. The normalized spacial score (nSPS) is 12.0.